The monoisotopic (exact) mass is 608 g/mol. The minimum atomic E-state index is 1.00. The fourth-order valence-electron chi connectivity index (χ4n) is 7.55. The van der Waals surface area contributed by atoms with E-state index in [0.29, 0.717) is 0 Å². The van der Waals surface area contributed by atoms with Gasteiger partial charge < -0.3 is 9.97 Å². The summed E-state index contributed by atoms with van der Waals surface area (Å²) in [6, 6.07) is 47.6. The Labute approximate surface area is 278 Å². The first-order valence-electron chi connectivity index (χ1n) is 16.3. The van der Waals surface area contributed by atoms with Gasteiger partial charge in [0.05, 0.1) is 0 Å². The number of nitrogens with one attached hydrogen (secondary N) is 2. The number of para-hydroxylation sites is 2. The summed E-state index contributed by atoms with van der Waals surface area (Å²) in [6.45, 7) is 0. The summed E-state index contributed by atoms with van der Waals surface area (Å²) in [6.07, 6.45) is 8.85. The summed E-state index contributed by atoms with van der Waals surface area (Å²) in [5, 5.41) is 2.45. The number of rotatable bonds is 2. The molecule has 48 heavy (non-hydrogen) atoms. The van der Waals surface area contributed by atoms with Gasteiger partial charge in [-0.05, 0) is 104 Å². The van der Waals surface area contributed by atoms with Crippen LogP contribution in [-0.4, -0.2) is 9.97 Å². The molecular formula is C46H28N2. The third-order valence-corrected chi connectivity index (χ3v) is 9.83. The summed E-state index contributed by atoms with van der Waals surface area (Å²) in [5.41, 5.74) is 19.2. The standard InChI is InChI=1S/C46H28N2/c1-3-13-37-35(11-1)39-21-19-29(23-41(39)43(37)25-31-27-47-45-15-7-5-9-33(31)45)17-18-30-20-22-40-36-12-2-4-14-38(36)44(42(40)24-30)26-32-28-48-46-16-8-6-10-34(32)46/h1-16,19-28,47-48H/b43-25+,44-26+. The van der Waals surface area contributed by atoms with E-state index in [9.17, 15) is 0 Å². The van der Waals surface area contributed by atoms with E-state index in [-0.39, 0.29) is 0 Å². The molecule has 0 saturated heterocycles. The van der Waals surface area contributed by atoms with Crippen LogP contribution in [-0.2, 0) is 0 Å². The lowest BCUT2D eigenvalue weighted by molar-refractivity contribution is 1.47. The third-order valence-electron chi connectivity index (χ3n) is 9.83. The maximum absolute atomic E-state index is 3.52. The van der Waals surface area contributed by atoms with Crippen LogP contribution in [0.3, 0.4) is 0 Å². The molecular weight excluding hydrogens is 581 g/mol. The van der Waals surface area contributed by atoms with E-state index in [2.05, 4.69) is 180 Å². The first-order valence-corrected chi connectivity index (χ1v) is 16.3. The Morgan fingerprint density at radius 2 is 0.771 bits per heavy atom. The van der Waals surface area contributed by atoms with Crippen molar-refractivity contribution >= 4 is 45.1 Å². The molecule has 2 aromatic heterocycles. The molecule has 0 radical (unpaired) electrons. The molecule has 0 spiro atoms. The molecule has 2 heteroatoms. The lowest BCUT2D eigenvalue weighted by Gasteiger charge is -2.05. The van der Waals surface area contributed by atoms with E-state index in [4.69, 9.17) is 0 Å². The van der Waals surface area contributed by atoms with Crippen molar-refractivity contribution in [1.29, 1.82) is 0 Å². The number of aromatic amines is 2. The summed E-state index contributed by atoms with van der Waals surface area (Å²) in [4.78, 5) is 6.87. The first kappa shape index (κ1) is 26.6. The van der Waals surface area contributed by atoms with Gasteiger partial charge in [-0.15, -0.1) is 0 Å². The molecule has 0 fully saturated rings. The average molecular weight is 609 g/mol. The fourth-order valence-corrected chi connectivity index (χ4v) is 7.55. The van der Waals surface area contributed by atoms with Crippen molar-refractivity contribution in [2.24, 2.45) is 0 Å². The quantitative estimate of drug-likeness (QED) is 0.183. The minimum Gasteiger partial charge on any atom is -0.361 e. The maximum Gasteiger partial charge on any atom is 0.0460 e. The molecule has 10 rings (SSSR count). The van der Waals surface area contributed by atoms with E-state index in [0.717, 1.165) is 22.2 Å². The van der Waals surface area contributed by atoms with E-state index < -0.39 is 0 Å². The summed E-state index contributed by atoms with van der Waals surface area (Å²) in [7, 11) is 0. The Balaban J connectivity index is 1.05. The molecule has 0 aliphatic heterocycles. The van der Waals surface area contributed by atoms with Gasteiger partial charge in [-0.25, -0.2) is 0 Å². The second-order valence-electron chi connectivity index (χ2n) is 12.6. The van der Waals surface area contributed by atoms with Crippen LogP contribution in [0.2, 0.25) is 0 Å². The Hall–Kier alpha value is -6.56. The van der Waals surface area contributed by atoms with Crippen molar-refractivity contribution in [3.8, 4) is 34.1 Å². The number of H-pyrrole nitrogens is 2. The Bertz CT molecular complexity index is 2550. The number of benzene rings is 6. The molecule has 2 N–H and O–H groups in total. The maximum atomic E-state index is 3.52. The Kier molecular flexibility index (Phi) is 5.82. The normalized spacial score (nSPS) is 14.2. The van der Waals surface area contributed by atoms with Gasteiger partial charge >= 0.3 is 0 Å². The predicted molar refractivity (Wildman–Crippen MR) is 200 cm³/mol. The molecule has 0 atom stereocenters. The van der Waals surface area contributed by atoms with Crippen molar-refractivity contribution in [1.82, 2.24) is 9.97 Å². The van der Waals surface area contributed by atoms with Crippen LogP contribution in [0, 0.1) is 11.8 Å². The zero-order valence-corrected chi connectivity index (χ0v) is 26.0. The van der Waals surface area contributed by atoms with Crippen molar-refractivity contribution in [2.75, 3.05) is 0 Å². The van der Waals surface area contributed by atoms with Crippen LogP contribution >= 0.6 is 0 Å². The van der Waals surface area contributed by atoms with Gasteiger partial charge in [-0.3, -0.25) is 0 Å². The molecule has 0 bridgehead atoms. The molecule has 2 heterocycles. The highest BCUT2D eigenvalue weighted by molar-refractivity contribution is 6.10. The molecule has 2 aliphatic rings. The van der Waals surface area contributed by atoms with Gasteiger partial charge in [0.1, 0.15) is 0 Å². The lowest BCUT2D eigenvalue weighted by atomic mass is 9.98. The zero-order chi connectivity index (χ0) is 31.6. The Morgan fingerprint density at radius 3 is 1.25 bits per heavy atom. The van der Waals surface area contributed by atoms with E-state index in [1.807, 2.05) is 0 Å². The molecule has 0 amide bonds. The second-order valence-corrected chi connectivity index (χ2v) is 12.6. The highest BCUT2D eigenvalue weighted by Gasteiger charge is 2.25. The van der Waals surface area contributed by atoms with Crippen LogP contribution < -0.4 is 0 Å². The smallest absolute Gasteiger partial charge is 0.0460 e. The molecule has 0 saturated carbocycles. The molecule has 2 aliphatic carbocycles. The summed E-state index contributed by atoms with van der Waals surface area (Å²) < 4.78 is 0. The minimum absolute atomic E-state index is 1.00. The third kappa shape index (κ3) is 4.15. The van der Waals surface area contributed by atoms with E-state index >= 15 is 0 Å². The van der Waals surface area contributed by atoms with Gasteiger partial charge in [-0.2, -0.15) is 0 Å². The number of hydrogen-bond acceptors (Lipinski definition) is 0. The van der Waals surface area contributed by atoms with Gasteiger partial charge in [0, 0.05) is 56.5 Å². The molecule has 222 valence electrons. The second kappa shape index (κ2) is 10.5. The number of fused-ring (bicyclic) bond motifs is 8. The van der Waals surface area contributed by atoms with Crippen LogP contribution in [0.15, 0.2) is 146 Å². The fraction of sp³-hybridized carbons (Fsp3) is 0. The molecule has 6 aromatic carbocycles. The van der Waals surface area contributed by atoms with Crippen LogP contribution in [0.4, 0.5) is 0 Å². The van der Waals surface area contributed by atoms with Crippen molar-refractivity contribution < 1.29 is 0 Å². The van der Waals surface area contributed by atoms with Crippen LogP contribution in [0.25, 0.3) is 67.4 Å². The number of aromatic nitrogens is 2. The predicted octanol–water partition coefficient (Wildman–Crippen LogP) is 11.2. The summed E-state index contributed by atoms with van der Waals surface area (Å²) >= 11 is 0. The van der Waals surface area contributed by atoms with Crippen molar-refractivity contribution in [3.63, 3.8) is 0 Å². The molecule has 8 aromatic rings. The first-order chi connectivity index (χ1) is 23.8. The van der Waals surface area contributed by atoms with E-state index in [1.54, 1.807) is 0 Å². The molecule has 0 unspecified atom stereocenters. The van der Waals surface area contributed by atoms with Gasteiger partial charge in [0.15, 0.2) is 0 Å². The average Bonchev–Trinajstić information content (AvgIpc) is 3.90. The zero-order valence-electron chi connectivity index (χ0n) is 26.0. The molecule has 2 nitrogen and oxygen atoms in total. The SMILES string of the molecule is C(#Cc1ccc2c(c1)/C(=C/c1c[nH]c3ccccc13)c1ccccc1-2)c1ccc2c(c1)/C(=C/c1c[nH]c3ccccc13)c1ccccc1-2. The highest BCUT2D eigenvalue weighted by atomic mass is 14.7. The number of hydrogen-bond donors (Lipinski definition) is 2. The van der Waals surface area contributed by atoms with E-state index in [1.165, 1.54) is 77.6 Å². The largest absolute Gasteiger partial charge is 0.361 e. The van der Waals surface area contributed by atoms with Gasteiger partial charge in [0.25, 0.3) is 0 Å². The van der Waals surface area contributed by atoms with Gasteiger partial charge in [0.2, 0.25) is 0 Å². The van der Waals surface area contributed by atoms with Crippen molar-refractivity contribution in [3.05, 3.63) is 190 Å². The topological polar surface area (TPSA) is 31.6 Å². The highest BCUT2D eigenvalue weighted by Crippen LogP contribution is 2.47. The van der Waals surface area contributed by atoms with Gasteiger partial charge in [-0.1, -0.05) is 109 Å². The van der Waals surface area contributed by atoms with Crippen LogP contribution in [0.5, 0.6) is 0 Å². The lowest BCUT2D eigenvalue weighted by Crippen LogP contribution is -1.86. The Morgan fingerprint density at radius 1 is 0.375 bits per heavy atom. The summed E-state index contributed by atoms with van der Waals surface area (Å²) in [5.74, 6) is 7.03. The van der Waals surface area contributed by atoms with Crippen molar-refractivity contribution in [2.45, 2.75) is 0 Å². The van der Waals surface area contributed by atoms with Crippen LogP contribution in [0.1, 0.15) is 44.5 Å².